The number of amides is 1. The number of hydrogen-bond acceptors (Lipinski definition) is 4. The number of carbonyl (C=O) groups excluding carboxylic acids is 2. The molecule has 1 N–H and O–H groups in total. The van der Waals surface area contributed by atoms with Crippen LogP contribution in [0.1, 0.15) is 12.8 Å². The van der Waals surface area contributed by atoms with Crippen molar-refractivity contribution in [3.63, 3.8) is 0 Å². The van der Waals surface area contributed by atoms with Gasteiger partial charge in [0.05, 0.1) is 19.4 Å². The van der Waals surface area contributed by atoms with E-state index in [0.29, 0.717) is 24.4 Å². The first-order valence-electron chi connectivity index (χ1n) is 5.96. The van der Waals surface area contributed by atoms with Crippen molar-refractivity contribution in [2.24, 2.45) is 5.92 Å². The van der Waals surface area contributed by atoms with Gasteiger partial charge in [0.15, 0.2) is 0 Å². The second-order valence-corrected chi connectivity index (χ2v) is 4.39. The third-order valence-corrected chi connectivity index (χ3v) is 2.90. The fraction of sp³-hybridized carbons (Fsp3) is 0.818. The molecule has 1 amide bonds. The molecule has 1 atom stereocenters. The Hall–Kier alpha value is -1.31. The van der Waals surface area contributed by atoms with Crippen LogP contribution in [0.4, 0.5) is 13.2 Å². The van der Waals surface area contributed by atoms with E-state index in [9.17, 15) is 22.8 Å². The molecule has 1 fully saturated rings. The summed E-state index contributed by atoms with van der Waals surface area (Å²) in [5.41, 5.74) is 0. The summed E-state index contributed by atoms with van der Waals surface area (Å²) in [5.74, 6) is -1.64. The third kappa shape index (κ3) is 5.46. The standard InChI is InChI=1S/C11H17F3N2O3/c1-19-9(17)3-5-16(7-11(12,13)14)10(18)8-2-4-15-6-8/h8,15H,2-7H2,1H3. The second kappa shape index (κ2) is 6.74. The Bertz CT molecular complexity index is 328. The molecule has 1 saturated heterocycles. The van der Waals surface area contributed by atoms with Gasteiger partial charge < -0.3 is 15.0 Å². The third-order valence-electron chi connectivity index (χ3n) is 2.90. The fourth-order valence-electron chi connectivity index (χ4n) is 1.94. The van der Waals surface area contributed by atoms with Crippen LogP contribution >= 0.6 is 0 Å². The molecule has 0 radical (unpaired) electrons. The van der Waals surface area contributed by atoms with E-state index < -0.39 is 30.5 Å². The molecule has 0 bridgehead atoms. The molecule has 1 aliphatic rings. The molecule has 8 heteroatoms. The molecule has 0 aromatic rings. The zero-order valence-corrected chi connectivity index (χ0v) is 10.6. The molecule has 5 nitrogen and oxygen atoms in total. The summed E-state index contributed by atoms with van der Waals surface area (Å²) in [7, 11) is 1.15. The maximum absolute atomic E-state index is 12.4. The average molecular weight is 282 g/mol. The van der Waals surface area contributed by atoms with Crippen LogP contribution in [0.15, 0.2) is 0 Å². The van der Waals surface area contributed by atoms with E-state index in [2.05, 4.69) is 10.1 Å². The molecule has 19 heavy (non-hydrogen) atoms. The van der Waals surface area contributed by atoms with E-state index in [1.807, 2.05) is 0 Å². The molecule has 0 aliphatic carbocycles. The van der Waals surface area contributed by atoms with Gasteiger partial charge in [0.25, 0.3) is 0 Å². The van der Waals surface area contributed by atoms with Crippen molar-refractivity contribution < 1.29 is 27.5 Å². The Kier molecular flexibility index (Phi) is 5.59. The van der Waals surface area contributed by atoms with Gasteiger partial charge in [-0.3, -0.25) is 9.59 Å². The smallest absolute Gasteiger partial charge is 0.406 e. The van der Waals surface area contributed by atoms with Crippen molar-refractivity contribution >= 4 is 11.9 Å². The van der Waals surface area contributed by atoms with E-state index in [1.54, 1.807) is 0 Å². The van der Waals surface area contributed by atoms with E-state index in [-0.39, 0.29) is 13.0 Å². The molecule has 1 aliphatic heterocycles. The van der Waals surface area contributed by atoms with Crippen molar-refractivity contribution in [1.29, 1.82) is 0 Å². The molecule has 1 unspecified atom stereocenters. The largest absolute Gasteiger partial charge is 0.469 e. The van der Waals surface area contributed by atoms with Crippen LogP contribution in [0.2, 0.25) is 0 Å². The maximum Gasteiger partial charge on any atom is 0.406 e. The van der Waals surface area contributed by atoms with Gasteiger partial charge in [0.2, 0.25) is 5.91 Å². The van der Waals surface area contributed by atoms with Crippen LogP contribution in [-0.4, -0.2) is 56.2 Å². The first-order chi connectivity index (χ1) is 8.83. The van der Waals surface area contributed by atoms with Crippen molar-refractivity contribution in [2.45, 2.75) is 19.0 Å². The minimum Gasteiger partial charge on any atom is -0.469 e. The number of nitrogens with zero attached hydrogens (tertiary/aromatic N) is 1. The number of ether oxygens (including phenoxy) is 1. The van der Waals surface area contributed by atoms with Crippen molar-refractivity contribution in [1.82, 2.24) is 10.2 Å². The highest BCUT2D eigenvalue weighted by Crippen LogP contribution is 2.20. The van der Waals surface area contributed by atoms with Crippen LogP contribution < -0.4 is 5.32 Å². The zero-order chi connectivity index (χ0) is 14.5. The fourth-order valence-corrected chi connectivity index (χ4v) is 1.94. The molecule has 0 saturated carbocycles. The SMILES string of the molecule is COC(=O)CCN(CC(F)(F)F)C(=O)C1CCNC1. The molecule has 110 valence electrons. The quantitative estimate of drug-likeness (QED) is 0.748. The van der Waals surface area contributed by atoms with Crippen LogP contribution in [0.5, 0.6) is 0 Å². The number of methoxy groups -OCH3 is 1. The van der Waals surface area contributed by atoms with Gasteiger partial charge >= 0.3 is 12.1 Å². The lowest BCUT2D eigenvalue weighted by molar-refractivity contribution is -0.164. The van der Waals surface area contributed by atoms with Gasteiger partial charge in [-0.15, -0.1) is 0 Å². The summed E-state index contributed by atoms with van der Waals surface area (Å²) < 4.78 is 41.7. The van der Waals surface area contributed by atoms with Crippen LogP contribution in [0.3, 0.4) is 0 Å². The minimum atomic E-state index is -4.47. The Morgan fingerprint density at radius 1 is 1.42 bits per heavy atom. The summed E-state index contributed by atoms with van der Waals surface area (Å²) in [5, 5.41) is 2.93. The lowest BCUT2D eigenvalue weighted by Gasteiger charge is -2.26. The minimum absolute atomic E-state index is 0.238. The Morgan fingerprint density at radius 2 is 2.11 bits per heavy atom. The van der Waals surface area contributed by atoms with E-state index >= 15 is 0 Å². The number of esters is 1. The molecule has 0 spiro atoms. The number of carbonyl (C=O) groups is 2. The summed E-state index contributed by atoms with van der Waals surface area (Å²) in [4.78, 5) is 23.6. The molecule has 1 heterocycles. The molecule has 0 aromatic carbocycles. The number of nitrogens with one attached hydrogen (secondary N) is 1. The highest BCUT2D eigenvalue weighted by Gasteiger charge is 2.36. The maximum atomic E-state index is 12.4. The van der Waals surface area contributed by atoms with Gasteiger partial charge in [-0.05, 0) is 13.0 Å². The number of rotatable bonds is 5. The Morgan fingerprint density at radius 3 is 2.58 bits per heavy atom. The van der Waals surface area contributed by atoms with Crippen molar-refractivity contribution in [2.75, 3.05) is 33.3 Å². The zero-order valence-electron chi connectivity index (χ0n) is 10.6. The van der Waals surface area contributed by atoms with Crippen molar-refractivity contribution in [3.8, 4) is 0 Å². The van der Waals surface area contributed by atoms with Gasteiger partial charge in [-0.25, -0.2) is 0 Å². The normalized spacial score (nSPS) is 19.3. The number of halogens is 3. The predicted molar refractivity (Wildman–Crippen MR) is 60.2 cm³/mol. The summed E-state index contributed by atoms with van der Waals surface area (Å²) in [6.45, 7) is -0.612. The summed E-state index contributed by atoms with van der Waals surface area (Å²) >= 11 is 0. The van der Waals surface area contributed by atoms with E-state index in [0.717, 1.165) is 7.11 Å². The van der Waals surface area contributed by atoms with Gasteiger partial charge in [0, 0.05) is 13.1 Å². The average Bonchev–Trinajstić information content (AvgIpc) is 2.85. The van der Waals surface area contributed by atoms with E-state index in [1.165, 1.54) is 0 Å². The number of hydrogen-bond donors (Lipinski definition) is 1. The number of alkyl halides is 3. The molecular formula is C11H17F3N2O3. The molecular weight excluding hydrogens is 265 g/mol. The molecule has 0 aromatic heterocycles. The summed E-state index contributed by atoms with van der Waals surface area (Å²) in [6.07, 6.45) is -4.19. The first kappa shape index (κ1) is 15.7. The van der Waals surface area contributed by atoms with E-state index in [4.69, 9.17) is 0 Å². The highest BCUT2D eigenvalue weighted by atomic mass is 19.4. The Balaban J connectivity index is 2.62. The highest BCUT2D eigenvalue weighted by molar-refractivity contribution is 5.80. The Labute approximate surface area is 109 Å². The van der Waals surface area contributed by atoms with Gasteiger partial charge in [-0.1, -0.05) is 0 Å². The topological polar surface area (TPSA) is 58.6 Å². The van der Waals surface area contributed by atoms with Crippen LogP contribution in [0.25, 0.3) is 0 Å². The second-order valence-electron chi connectivity index (χ2n) is 4.39. The first-order valence-corrected chi connectivity index (χ1v) is 5.96. The molecule has 1 rings (SSSR count). The predicted octanol–water partition coefficient (Wildman–Crippen LogP) is 0.550. The lowest BCUT2D eigenvalue weighted by Crippen LogP contribution is -2.43. The van der Waals surface area contributed by atoms with Gasteiger partial charge in [0.1, 0.15) is 6.54 Å². The van der Waals surface area contributed by atoms with Gasteiger partial charge in [-0.2, -0.15) is 13.2 Å². The monoisotopic (exact) mass is 282 g/mol. The lowest BCUT2D eigenvalue weighted by atomic mass is 10.1. The van der Waals surface area contributed by atoms with Crippen molar-refractivity contribution in [3.05, 3.63) is 0 Å². The summed E-state index contributed by atoms with van der Waals surface area (Å²) in [6, 6.07) is 0. The van der Waals surface area contributed by atoms with Crippen LogP contribution in [-0.2, 0) is 14.3 Å². The van der Waals surface area contributed by atoms with Crippen LogP contribution in [0, 0.1) is 5.92 Å².